The summed E-state index contributed by atoms with van der Waals surface area (Å²) in [7, 11) is 5.44. The molecule has 0 amide bonds. The predicted molar refractivity (Wildman–Crippen MR) is 53.0 cm³/mol. The second-order valence-corrected chi connectivity index (χ2v) is 5.99. The smallest absolute Gasteiger partial charge is 0.117 e. The van der Waals surface area contributed by atoms with Gasteiger partial charge in [-0.05, 0) is 18.8 Å². The summed E-state index contributed by atoms with van der Waals surface area (Å²) in [6.07, 6.45) is 0. The van der Waals surface area contributed by atoms with Gasteiger partial charge in [0.1, 0.15) is 4.64 Å². The monoisotopic (exact) mass is 187 g/mol. The highest BCUT2D eigenvalue weighted by atomic mass is 31.1. The molecule has 0 heterocycles. The summed E-state index contributed by atoms with van der Waals surface area (Å²) in [6, 6.07) is 0. The van der Waals surface area contributed by atoms with Crippen molar-refractivity contribution in [2.24, 2.45) is 0 Å². The minimum Gasteiger partial charge on any atom is -0.282 e. The van der Waals surface area contributed by atoms with Gasteiger partial charge < -0.3 is 0 Å². The molecule has 0 bridgehead atoms. The van der Waals surface area contributed by atoms with Crippen LogP contribution >= 0.6 is 26.9 Å². The van der Waals surface area contributed by atoms with Crippen molar-refractivity contribution in [3.8, 4) is 23.7 Å². The highest BCUT2D eigenvalue weighted by Gasteiger charge is 2.09. The van der Waals surface area contributed by atoms with Crippen LogP contribution in [-0.4, -0.2) is 4.64 Å². The molecule has 0 fully saturated rings. The lowest BCUT2D eigenvalue weighted by Crippen LogP contribution is -1.92. The molecule has 0 rings (SSSR count). The van der Waals surface area contributed by atoms with Crippen LogP contribution in [0.15, 0.2) is 0 Å². The fourth-order valence-corrected chi connectivity index (χ4v) is 0.478. The molecular formula is C6H8NP3. The fraction of sp³-hybridized carbons (Fsp3) is 0.333. The normalized spacial score (nSPS) is 9.10. The zero-order valence-electron chi connectivity index (χ0n) is 5.60. The first-order valence-electron chi connectivity index (χ1n) is 2.52. The van der Waals surface area contributed by atoms with Crippen LogP contribution in [0.5, 0.6) is 0 Å². The first kappa shape index (κ1) is 10.1. The van der Waals surface area contributed by atoms with Crippen molar-refractivity contribution in [3.05, 3.63) is 0 Å². The van der Waals surface area contributed by atoms with Gasteiger partial charge in [-0.1, -0.05) is 11.8 Å². The molecule has 0 saturated heterocycles. The molecule has 10 heavy (non-hydrogen) atoms. The van der Waals surface area contributed by atoms with Gasteiger partial charge in [-0.25, -0.2) is 0 Å². The van der Waals surface area contributed by atoms with Crippen LogP contribution in [0.4, 0.5) is 0 Å². The number of nitrogens with one attached hydrogen (secondary N) is 1. The van der Waals surface area contributed by atoms with Gasteiger partial charge in [0.2, 0.25) is 0 Å². The summed E-state index contributed by atoms with van der Waals surface area (Å²) in [5.74, 6) is 10.7. The zero-order valence-corrected chi connectivity index (χ0v) is 8.81. The van der Waals surface area contributed by atoms with Gasteiger partial charge >= 0.3 is 0 Å². The maximum absolute atomic E-state index is 7.02. The van der Waals surface area contributed by atoms with Gasteiger partial charge in [0, 0.05) is 8.37 Å². The first-order chi connectivity index (χ1) is 4.62. The highest BCUT2D eigenvalue weighted by Crippen LogP contribution is 2.37. The maximum atomic E-state index is 7.02. The minimum absolute atomic E-state index is 0.399. The van der Waals surface area contributed by atoms with E-state index in [1.54, 1.807) is 6.92 Å². The van der Waals surface area contributed by atoms with E-state index < -0.39 is 4.64 Å². The molecule has 0 spiro atoms. The van der Waals surface area contributed by atoms with Gasteiger partial charge in [-0.15, -0.1) is 18.5 Å². The van der Waals surface area contributed by atoms with E-state index in [0.717, 1.165) is 0 Å². The lowest BCUT2D eigenvalue weighted by Gasteiger charge is -2.04. The molecule has 2 unspecified atom stereocenters. The van der Waals surface area contributed by atoms with E-state index in [2.05, 4.69) is 42.2 Å². The van der Waals surface area contributed by atoms with Crippen LogP contribution in [0.25, 0.3) is 0 Å². The first-order valence-corrected chi connectivity index (χ1v) is 4.57. The lowest BCUT2D eigenvalue weighted by molar-refractivity contribution is 1.55. The third kappa shape index (κ3) is 4.91. The van der Waals surface area contributed by atoms with Crippen LogP contribution in [-0.2, 0) is 0 Å². The van der Waals surface area contributed by atoms with Gasteiger partial charge in [-0.2, -0.15) is 0 Å². The Balaban J connectivity index is 4.24. The average molecular weight is 187 g/mol. The Morgan fingerprint density at radius 3 is 2.40 bits per heavy atom. The minimum atomic E-state index is -0.399. The highest BCUT2D eigenvalue weighted by molar-refractivity contribution is 7.61. The predicted octanol–water partition coefficient (Wildman–Crippen LogP) is 2.13. The van der Waals surface area contributed by atoms with Crippen LogP contribution in [0, 0.1) is 28.8 Å². The van der Waals surface area contributed by atoms with E-state index in [1.165, 1.54) is 0 Å². The molecular weight excluding hydrogens is 179 g/mol. The number of rotatable bonds is 1. The average Bonchev–Trinajstić information content (AvgIpc) is 1.89. The molecule has 0 saturated carbocycles. The third-order valence-electron chi connectivity index (χ3n) is 0.635. The molecule has 1 N–H and O–H groups in total. The molecule has 0 aromatic heterocycles. The molecule has 0 aliphatic heterocycles. The topological polar surface area (TPSA) is 23.9 Å². The second-order valence-electron chi connectivity index (χ2n) is 1.56. The molecule has 0 aromatic rings. The van der Waals surface area contributed by atoms with E-state index >= 15 is 0 Å². The van der Waals surface area contributed by atoms with Crippen LogP contribution in [0.3, 0.4) is 0 Å². The Kier molecular flexibility index (Phi) is 4.87. The van der Waals surface area contributed by atoms with Crippen molar-refractivity contribution < 1.29 is 0 Å². The second kappa shape index (κ2) is 4.83. The molecule has 0 aliphatic carbocycles. The summed E-state index contributed by atoms with van der Waals surface area (Å²) in [5, 5.41) is 7.02. The van der Waals surface area contributed by atoms with E-state index in [-0.39, 0.29) is 0 Å². The van der Waals surface area contributed by atoms with E-state index in [9.17, 15) is 0 Å². The quantitative estimate of drug-likeness (QED) is 0.480. The molecule has 0 aromatic carbocycles. The molecule has 2 atom stereocenters. The largest absolute Gasteiger partial charge is 0.282 e. The van der Waals surface area contributed by atoms with Gasteiger partial charge in [0.05, 0.1) is 0 Å². The Labute approximate surface area is 67.8 Å². The molecule has 0 aliphatic rings. The summed E-state index contributed by atoms with van der Waals surface area (Å²) >= 11 is 0. The van der Waals surface area contributed by atoms with Crippen molar-refractivity contribution in [1.82, 2.24) is 0 Å². The zero-order chi connectivity index (χ0) is 8.04. The molecule has 1 nitrogen and oxygen atoms in total. The van der Waals surface area contributed by atoms with Crippen molar-refractivity contribution in [2.45, 2.75) is 11.6 Å². The van der Waals surface area contributed by atoms with E-state index in [4.69, 9.17) is 5.16 Å². The van der Waals surface area contributed by atoms with Crippen molar-refractivity contribution in [3.63, 3.8) is 0 Å². The van der Waals surface area contributed by atoms with Crippen LogP contribution < -0.4 is 0 Å². The Morgan fingerprint density at radius 1 is 1.40 bits per heavy atom. The van der Waals surface area contributed by atoms with Crippen molar-refractivity contribution in [2.75, 3.05) is 0 Å². The van der Waals surface area contributed by atoms with Gasteiger partial charge in [0.25, 0.3) is 0 Å². The Hall–Kier alpha value is 0.0800. The van der Waals surface area contributed by atoms with Crippen molar-refractivity contribution in [1.29, 1.82) is 5.16 Å². The van der Waals surface area contributed by atoms with Crippen LogP contribution in [0.2, 0.25) is 0 Å². The van der Waals surface area contributed by atoms with Gasteiger partial charge in [-0.3, -0.25) is 5.16 Å². The van der Waals surface area contributed by atoms with E-state index in [1.807, 2.05) is 0 Å². The summed E-state index contributed by atoms with van der Waals surface area (Å²) in [5.41, 5.74) is 0. The molecule has 0 radical (unpaired) electrons. The SMILES string of the molecule is CC#CC#CC(P)(P)P=N. The summed E-state index contributed by atoms with van der Waals surface area (Å²) in [4.78, 5) is 0. The maximum Gasteiger partial charge on any atom is 0.117 e. The van der Waals surface area contributed by atoms with Gasteiger partial charge in [0.15, 0.2) is 0 Å². The fourth-order valence-electron chi connectivity index (χ4n) is 0.222. The molecule has 4 heteroatoms. The lowest BCUT2D eigenvalue weighted by atomic mass is 10.6. The van der Waals surface area contributed by atoms with E-state index in [0.29, 0.717) is 8.37 Å². The summed E-state index contributed by atoms with van der Waals surface area (Å²) in [6.45, 7) is 1.74. The Morgan fingerprint density at radius 2 is 2.00 bits per heavy atom. The Bertz CT molecular complexity index is 235. The molecule has 52 valence electrons. The standard InChI is InChI=1S/C6H8NP3/c1-2-3-4-5-6(8,9)10-7/h7H,8-9H2,1H3. The third-order valence-corrected chi connectivity index (χ3v) is 2.18. The number of hydrogen-bond donors (Lipinski definition) is 1. The summed E-state index contributed by atoms with van der Waals surface area (Å²) < 4.78 is -0.399. The van der Waals surface area contributed by atoms with Crippen molar-refractivity contribution >= 4 is 26.9 Å². The number of hydrogen-bond acceptors (Lipinski definition) is 1. The van der Waals surface area contributed by atoms with Crippen LogP contribution in [0.1, 0.15) is 6.92 Å².